The summed E-state index contributed by atoms with van der Waals surface area (Å²) in [5.41, 5.74) is 5.34. The van der Waals surface area contributed by atoms with Gasteiger partial charge in [0.2, 0.25) is 0 Å². The highest BCUT2D eigenvalue weighted by atomic mass is 35.5. The van der Waals surface area contributed by atoms with E-state index in [4.69, 9.17) is 17.3 Å². The first-order valence-corrected chi connectivity index (χ1v) is 3.80. The Morgan fingerprint density at radius 1 is 1.46 bits per heavy atom. The third-order valence-corrected chi connectivity index (χ3v) is 1.87. The second-order valence-electron chi connectivity index (χ2n) is 2.40. The maximum atomic E-state index is 13.0. The van der Waals surface area contributed by atoms with Crippen molar-refractivity contribution < 1.29 is 8.78 Å². The fourth-order valence-corrected chi connectivity index (χ4v) is 1.25. The van der Waals surface area contributed by atoms with E-state index in [0.29, 0.717) is 0 Å². The van der Waals surface area contributed by atoms with E-state index in [1.54, 1.807) is 0 Å². The fraction of sp³-hybridized carbons (Fsp3) is 0.250. The summed E-state index contributed by atoms with van der Waals surface area (Å²) in [5.74, 6) is -0.562. The Morgan fingerprint density at radius 3 is 2.54 bits per heavy atom. The van der Waals surface area contributed by atoms with Gasteiger partial charge in [-0.2, -0.15) is 0 Å². The van der Waals surface area contributed by atoms with Gasteiger partial charge < -0.3 is 5.73 Å². The van der Waals surface area contributed by atoms with Crippen LogP contribution in [0.25, 0.3) is 0 Å². The van der Waals surface area contributed by atoms with Gasteiger partial charge in [-0.25, -0.2) is 8.78 Å². The predicted molar refractivity (Wildman–Crippen MR) is 51.6 cm³/mol. The van der Waals surface area contributed by atoms with Crippen LogP contribution in [0.2, 0.25) is 5.02 Å². The van der Waals surface area contributed by atoms with E-state index in [1.807, 2.05) is 0 Å². The molecule has 0 bridgehead atoms. The molecule has 0 aliphatic heterocycles. The van der Waals surface area contributed by atoms with Crippen molar-refractivity contribution in [3.8, 4) is 0 Å². The first-order valence-electron chi connectivity index (χ1n) is 3.42. The molecule has 1 aromatic rings. The van der Waals surface area contributed by atoms with Crippen LogP contribution in [0.15, 0.2) is 18.2 Å². The summed E-state index contributed by atoms with van der Waals surface area (Å²) in [7, 11) is 0. The van der Waals surface area contributed by atoms with Crippen LogP contribution in [-0.2, 0) is 0 Å². The fourth-order valence-electron chi connectivity index (χ4n) is 0.942. The second-order valence-corrected chi connectivity index (χ2v) is 2.80. The van der Waals surface area contributed by atoms with Gasteiger partial charge in [0.1, 0.15) is 12.5 Å². The van der Waals surface area contributed by atoms with E-state index in [0.717, 1.165) is 0 Å². The van der Waals surface area contributed by atoms with Crippen LogP contribution < -0.4 is 5.73 Å². The summed E-state index contributed by atoms with van der Waals surface area (Å²) >= 11 is 5.62. The Bertz CT molecular complexity index is 261. The van der Waals surface area contributed by atoms with Gasteiger partial charge in [0.05, 0.1) is 6.04 Å². The lowest BCUT2D eigenvalue weighted by Gasteiger charge is -2.09. The molecule has 0 radical (unpaired) electrons. The normalized spacial score (nSPS) is 12.0. The van der Waals surface area contributed by atoms with E-state index in [1.165, 1.54) is 18.2 Å². The molecule has 1 aromatic carbocycles. The van der Waals surface area contributed by atoms with Crippen molar-refractivity contribution in [1.82, 2.24) is 0 Å². The minimum Gasteiger partial charge on any atom is -0.322 e. The molecule has 0 aliphatic rings. The monoisotopic (exact) mass is 227 g/mol. The van der Waals surface area contributed by atoms with Crippen LogP contribution in [-0.4, -0.2) is 6.67 Å². The second kappa shape index (κ2) is 5.37. The molecule has 0 spiro atoms. The first kappa shape index (κ1) is 12.6. The number of hydrogen-bond donors (Lipinski definition) is 1. The van der Waals surface area contributed by atoms with E-state index in [-0.39, 0.29) is 23.0 Å². The third-order valence-electron chi connectivity index (χ3n) is 1.54. The maximum Gasteiger partial charge on any atom is 0.129 e. The molecule has 0 fully saturated rings. The maximum absolute atomic E-state index is 13.0. The zero-order valence-electron chi connectivity index (χ0n) is 6.64. The summed E-state index contributed by atoms with van der Waals surface area (Å²) in [5, 5.41) is 0.167. The summed E-state index contributed by atoms with van der Waals surface area (Å²) < 4.78 is 25.0. The minimum atomic E-state index is -0.973. The lowest BCUT2D eigenvalue weighted by molar-refractivity contribution is 0.427. The number of alkyl halides is 1. The van der Waals surface area contributed by atoms with Gasteiger partial charge in [-0.15, -0.1) is 12.4 Å². The Balaban J connectivity index is 0.00000144. The molecule has 0 aromatic heterocycles. The van der Waals surface area contributed by atoms with E-state index < -0.39 is 18.5 Å². The van der Waals surface area contributed by atoms with E-state index in [2.05, 4.69) is 0 Å². The lowest BCUT2D eigenvalue weighted by Crippen LogP contribution is -2.14. The van der Waals surface area contributed by atoms with E-state index in [9.17, 15) is 8.78 Å². The van der Waals surface area contributed by atoms with Crippen molar-refractivity contribution in [1.29, 1.82) is 0 Å². The molecule has 0 aliphatic carbocycles. The van der Waals surface area contributed by atoms with Crippen molar-refractivity contribution >= 4 is 24.0 Å². The third kappa shape index (κ3) is 2.79. The highest BCUT2D eigenvalue weighted by Crippen LogP contribution is 2.24. The van der Waals surface area contributed by atoms with Crippen molar-refractivity contribution in [2.75, 3.05) is 6.67 Å². The van der Waals surface area contributed by atoms with Crippen LogP contribution in [0.1, 0.15) is 11.6 Å². The first-order chi connectivity index (χ1) is 5.66. The molecule has 0 amide bonds. The number of hydrogen-bond acceptors (Lipinski definition) is 1. The lowest BCUT2D eigenvalue weighted by atomic mass is 10.1. The number of benzene rings is 1. The molecule has 0 saturated heterocycles. The molecule has 1 rings (SSSR count). The molecule has 13 heavy (non-hydrogen) atoms. The Hall–Kier alpha value is -0.380. The van der Waals surface area contributed by atoms with Gasteiger partial charge in [0, 0.05) is 10.6 Å². The van der Waals surface area contributed by atoms with Crippen molar-refractivity contribution in [3.05, 3.63) is 34.6 Å². The summed E-state index contributed by atoms with van der Waals surface area (Å²) in [6.45, 7) is -0.819. The zero-order valence-corrected chi connectivity index (χ0v) is 8.21. The van der Waals surface area contributed by atoms with Crippen molar-refractivity contribution in [2.45, 2.75) is 6.04 Å². The van der Waals surface area contributed by atoms with Gasteiger partial charge >= 0.3 is 0 Å². The Labute approximate surface area is 86.3 Å². The highest BCUT2D eigenvalue weighted by molar-refractivity contribution is 6.31. The molecule has 74 valence electrons. The number of halogens is 4. The van der Waals surface area contributed by atoms with Gasteiger partial charge in [0.25, 0.3) is 0 Å². The Kier molecular flexibility index (Phi) is 5.21. The van der Waals surface area contributed by atoms with Gasteiger partial charge in [-0.3, -0.25) is 0 Å². The quantitative estimate of drug-likeness (QED) is 0.827. The molecule has 0 unspecified atom stereocenters. The number of nitrogens with two attached hydrogens (primary N) is 1. The average Bonchev–Trinajstić information content (AvgIpc) is 2.03. The van der Waals surface area contributed by atoms with Crippen LogP contribution in [0.3, 0.4) is 0 Å². The molecule has 0 heterocycles. The predicted octanol–water partition coefficient (Wildman–Crippen LogP) is 2.87. The smallest absolute Gasteiger partial charge is 0.129 e. The molecule has 1 nitrogen and oxygen atoms in total. The summed E-state index contributed by atoms with van der Waals surface area (Å²) in [4.78, 5) is 0. The molecule has 5 heteroatoms. The molecule has 0 saturated carbocycles. The topological polar surface area (TPSA) is 26.0 Å². The number of rotatable bonds is 2. The van der Waals surface area contributed by atoms with Crippen molar-refractivity contribution in [2.24, 2.45) is 5.73 Å². The van der Waals surface area contributed by atoms with E-state index >= 15 is 0 Å². The molecule has 1 atom stereocenters. The van der Waals surface area contributed by atoms with Gasteiger partial charge in [-0.05, 0) is 12.1 Å². The standard InChI is InChI=1S/C8H8ClF2N.ClH/c9-5-2-1-3-6(11)8(5)7(12)4-10;/h1-3,7H,4,12H2;1H/t7-;/m1./s1. The minimum absolute atomic E-state index is 0. The van der Waals surface area contributed by atoms with Crippen LogP contribution in [0, 0.1) is 5.82 Å². The summed E-state index contributed by atoms with van der Waals surface area (Å²) in [6, 6.07) is 3.16. The largest absolute Gasteiger partial charge is 0.322 e. The SMILES string of the molecule is Cl.N[C@H](CF)c1c(F)cccc1Cl. The van der Waals surface area contributed by atoms with Gasteiger partial charge in [-0.1, -0.05) is 17.7 Å². The average molecular weight is 228 g/mol. The van der Waals surface area contributed by atoms with Crippen LogP contribution in [0.5, 0.6) is 0 Å². The molecule has 2 N–H and O–H groups in total. The molecular formula is C8H9Cl2F2N. The van der Waals surface area contributed by atoms with Crippen molar-refractivity contribution in [3.63, 3.8) is 0 Å². The van der Waals surface area contributed by atoms with Crippen LogP contribution >= 0.6 is 24.0 Å². The van der Waals surface area contributed by atoms with Crippen LogP contribution in [0.4, 0.5) is 8.78 Å². The van der Waals surface area contributed by atoms with Gasteiger partial charge in [0.15, 0.2) is 0 Å². The zero-order chi connectivity index (χ0) is 9.14. The highest BCUT2D eigenvalue weighted by Gasteiger charge is 2.14. The summed E-state index contributed by atoms with van der Waals surface area (Å²) in [6.07, 6.45) is 0. The molecular weight excluding hydrogens is 219 g/mol. The Morgan fingerprint density at radius 2 is 2.08 bits per heavy atom.